The van der Waals surface area contributed by atoms with Crippen molar-refractivity contribution in [1.82, 2.24) is 9.80 Å². The Balaban J connectivity index is 1.46. The molecule has 1 N–H and O–H groups in total. The number of aliphatic hydroxyl groups excluding tert-OH is 1. The zero-order valence-electron chi connectivity index (χ0n) is 39.5. The quantitative estimate of drug-likeness (QED) is 0.0540. The number of para-hydroxylation sites is 1. The number of nitrogens with zero attached hydrogens (tertiary/aromatic N) is 3. The van der Waals surface area contributed by atoms with E-state index in [9.17, 15) is 19.5 Å². The van der Waals surface area contributed by atoms with Crippen LogP contribution >= 0.6 is 0 Å². The maximum absolute atomic E-state index is 16.6. The minimum absolute atomic E-state index is 0.0219. The molecule has 16 nitrogen and oxygen atoms in total. The molecule has 3 saturated heterocycles. The number of esters is 3. The second-order valence-electron chi connectivity index (χ2n) is 17.6. The first-order valence-corrected chi connectivity index (χ1v) is 23.6. The third-order valence-corrected chi connectivity index (χ3v) is 13.7. The fraction of sp³-hybridized carbons (Fsp3) is 0.407. The monoisotopic (exact) mass is 955 g/mol. The van der Waals surface area contributed by atoms with Crippen LogP contribution < -0.4 is 9.64 Å². The number of hydrogen-bond donors (Lipinski definition) is 1. The molecule has 0 unspecified atom stereocenters. The van der Waals surface area contributed by atoms with Crippen LogP contribution in [0.15, 0.2) is 103 Å². The highest BCUT2D eigenvalue weighted by molar-refractivity contribution is 6.23. The maximum atomic E-state index is 16.6. The average Bonchev–Trinajstić information content (AvgIpc) is 3.83. The van der Waals surface area contributed by atoms with Crippen LogP contribution in [-0.2, 0) is 53.1 Å². The van der Waals surface area contributed by atoms with Crippen molar-refractivity contribution in [3.8, 4) is 17.6 Å². The summed E-state index contributed by atoms with van der Waals surface area (Å²) < 4.78 is 33.6. The topological polar surface area (TPSA) is 188 Å². The minimum Gasteiger partial charge on any atom is -0.491 e. The Labute approximate surface area is 406 Å². The number of methoxy groups -OCH3 is 3. The van der Waals surface area contributed by atoms with Gasteiger partial charge >= 0.3 is 24.0 Å². The van der Waals surface area contributed by atoms with Crippen LogP contribution in [0.2, 0.25) is 0 Å². The van der Waals surface area contributed by atoms with Crippen LogP contribution in [-0.4, -0.2) is 118 Å². The molecular weight excluding hydrogens is 899 g/mol. The Morgan fingerprint density at radius 3 is 2.07 bits per heavy atom. The van der Waals surface area contributed by atoms with Gasteiger partial charge in [-0.05, 0) is 53.8 Å². The Hall–Kier alpha value is -7.06. The van der Waals surface area contributed by atoms with E-state index in [1.165, 1.54) is 7.11 Å². The Morgan fingerprint density at radius 2 is 1.41 bits per heavy atom. The second kappa shape index (κ2) is 22.1. The van der Waals surface area contributed by atoms with Gasteiger partial charge in [-0.15, -0.1) is 0 Å². The zero-order valence-corrected chi connectivity index (χ0v) is 39.5. The highest BCUT2D eigenvalue weighted by Gasteiger charge is 2.76. The summed E-state index contributed by atoms with van der Waals surface area (Å²) in [4.78, 5) is 92.9. The number of cyclic esters (lactones) is 1. The molecule has 1 spiro atoms. The minimum atomic E-state index is -2.13. The van der Waals surface area contributed by atoms with Crippen molar-refractivity contribution in [3.05, 3.63) is 131 Å². The van der Waals surface area contributed by atoms with Crippen LogP contribution in [0.3, 0.4) is 0 Å². The van der Waals surface area contributed by atoms with Gasteiger partial charge in [0.1, 0.15) is 36.5 Å². The molecule has 0 bridgehead atoms. The van der Waals surface area contributed by atoms with Crippen molar-refractivity contribution in [2.45, 2.75) is 68.2 Å². The van der Waals surface area contributed by atoms with Gasteiger partial charge in [0.15, 0.2) is 5.92 Å². The third kappa shape index (κ3) is 9.24. The number of anilines is 1. The number of amides is 3. The lowest BCUT2D eigenvalue weighted by Gasteiger charge is -2.46. The van der Waals surface area contributed by atoms with Gasteiger partial charge < -0.3 is 38.4 Å². The lowest BCUT2D eigenvalue weighted by Crippen LogP contribution is -2.56. The molecule has 3 fully saturated rings. The van der Waals surface area contributed by atoms with Crippen LogP contribution in [0.25, 0.3) is 0 Å². The number of fused-ring (bicyclic) bond motifs is 3. The Bertz CT molecular complexity index is 2610. The van der Waals surface area contributed by atoms with E-state index >= 15 is 14.4 Å². The van der Waals surface area contributed by atoms with Gasteiger partial charge in [-0.3, -0.25) is 28.9 Å². The summed E-state index contributed by atoms with van der Waals surface area (Å²) in [6.45, 7) is 0.0556. The highest BCUT2D eigenvalue weighted by atomic mass is 16.6. The number of ether oxygens (including phenoxy) is 6. The molecule has 4 aliphatic heterocycles. The van der Waals surface area contributed by atoms with Crippen molar-refractivity contribution >= 4 is 41.5 Å². The Kier molecular flexibility index (Phi) is 15.6. The summed E-state index contributed by atoms with van der Waals surface area (Å²) in [5.41, 5.74) is 0.231. The predicted octanol–water partition coefficient (Wildman–Crippen LogP) is 6.00. The molecule has 0 saturated carbocycles. The molecule has 4 aromatic rings. The molecular formula is C54H57N3O13. The van der Waals surface area contributed by atoms with E-state index in [4.69, 9.17) is 28.4 Å². The predicted molar refractivity (Wildman–Crippen MR) is 253 cm³/mol. The van der Waals surface area contributed by atoms with E-state index in [-0.39, 0.29) is 49.8 Å². The smallest absolute Gasteiger partial charge is 0.421 e. The first-order chi connectivity index (χ1) is 34.1. The molecule has 0 aliphatic carbocycles. The highest BCUT2D eigenvalue weighted by Crippen LogP contribution is 2.67. The van der Waals surface area contributed by atoms with Crippen LogP contribution in [0.4, 0.5) is 10.5 Å². The lowest BCUT2D eigenvalue weighted by atomic mass is 9.64. The number of benzene rings is 4. The zero-order chi connectivity index (χ0) is 49.4. The summed E-state index contributed by atoms with van der Waals surface area (Å²) in [5.74, 6) is -0.402. The molecule has 366 valence electrons. The van der Waals surface area contributed by atoms with Crippen molar-refractivity contribution in [2.24, 2.45) is 11.8 Å². The summed E-state index contributed by atoms with van der Waals surface area (Å²) in [6, 6.07) is 26.9. The van der Waals surface area contributed by atoms with Gasteiger partial charge in [0.2, 0.25) is 11.8 Å². The SMILES string of the molecule is COCCOC(=O)N1C(=O)[C@@]2(c3cc(C#CCC(C(=O)OC)C(=O)OC)ccc31)[C@H](c1ccccc1OCCO)N1[C@H](c3ccccc3)[C@H](c3ccccc3)OC(=O)[C@H]1[C@@H]2C(=O)N1CCCCCCC1. The van der Waals surface area contributed by atoms with Crippen molar-refractivity contribution in [1.29, 1.82) is 0 Å². The lowest BCUT2D eigenvalue weighted by molar-refractivity contribution is -0.179. The van der Waals surface area contributed by atoms with Gasteiger partial charge in [0.05, 0.1) is 51.1 Å². The summed E-state index contributed by atoms with van der Waals surface area (Å²) >= 11 is 0. The molecule has 0 radical (unpaired) electrons. The Morgan fingerprint density at radius 1 is 0.771 bits per heavy atom. The van der Waals surface area contributed by atoms with E-state index in [0.717, 1.165) is 38.4 Å². The summed E-state index contributed by atoms with van der Waals surface area (Å²) in [7, 11) is 3.75. The van der Waals surface area contributed by atoms with Gasteiger partial charge in [0.25, 0.3) is 0 Å². The number of carbonyl (C=O) groups excluding carboxylic acids is 6. The van der Waals surface area contributed by atoms with Gasteiger partial charge in [-0.1, -0.05) is 110 Å². The molecule has 0 aromatic heterocycles. The van der Waals surface area contributed by atoms with E-state index in [0.29, 0.717) is 48.2 Å². The van der Waals surface area contributed by atoms with Crippen LogP contribution in [0, 0.1) is 23.7 Å². The largest absolute Gasteiger partial charge is 0.491 e. The van der Waals surface area contributed by atoms with E-state index in [1.807, 2.05) is 65.6 Å². The van der Waals surface area contributed by atoms with Gasteiger partial charge in [-0.25, -0.2) is 9.69 Å². The van der Waals surface area contributed by atoms with Crippen molar-refractivity contribution in [3.63, 3.8) is 0 Å². The molecule has 16 heteroatoms. The number of morpholine rings is 1. The molecule has 70 heavy (non-hydrogen) atoms. The molecule has 3 amide bonds. The molecule has 4 aromatic carbocycles. The number of likely N-dealkylation sites (tertiary alicyclic amines) is 1. The van der Waals surface area contributed by atoms with Crippen molar-refractivity contribution < 1.29 is 62.3 Å². The van der Waals surface area contributed by atoms with E-state index < -0.39 is 77.3 Å². The molecule has 8 rings (SSSR count). The van der Waals surface area contributed by atoms with Crippen molar-refractivity contribution in [2.75, 3.05) is 65.7 Å². The fourth-order valence-electron chi connectivity index (χ4n) is 10.7. The third-order valence-electron chi connectivity index (χ3n) is 13.7. The number of carbonyl (C=O) groups is 6. The first-order valence-electron chi connectivity index (χ1n) is 23.6. The van der Waals surface area contributed by atoms with Crippen LogP contribution in [0.5, 0.6) is 5.75 Å². The second-order valence-corrected chi connectivity index (χ2v) is 17.6. The number of imide groups is 1. The van der Waals surface area contributed by atoms with Crippen LogP contribution in [0.1, 0.15) is 84.5 Å². The summed E-state index contributed by atoms with van der Waals surface area (Å²) in [5, 5.41) is 10.1. The molecule has 4 heterocycles. The summed E-state index contributed by atoms with van der Waals surface area (Å²) in [6.07, 6.45) is 1.85. The number of hydrogen-bond acceptors (Lipinski definition) is 14. The van der Waals surface area contributed by atoms with E-state index in [2.05, 4.69) is 11.8 Å². The molecule has 6 atom stereocenters. The number of aliphatic hydroxyl groups is 1. The van der Waals surface area contributed by atoms with Gasteiger partial charge in [0, 0.05) is 37.7 Å². The normalized spacial score (nSPS) is 23.0. The van der Waals surface area contributed by atoms with Gasteiger partial charge in [-0.2, -0.15) is 0 Å². The fourth-order valence-corrected chi connectivity index (χ4v) is 10.7. The standard InChI is InChI=1S/C54H57N3O13/c1-65-32-33-69-53(64)56-41-27-26-35(18-17-24-39(49(60)66-2)50(61)67-3)34-40(41)54(52(56)63)43(48(59)55-28-15-5-4-6-16-29-55)45-51(62)70-46(37-21-11-8-12-22-37)44(36-19-9-7-10-20-36)57(45)47(54)38-23-13-14-25-42(38)68-31-30-58/h7-14,19-23,25-27,34,39,43-47,58H,4-6,15-16,24,28-33H2,1-3H3/t43-,44-,45-,46+,47+,54-/m1/s1. The first kappa shape index (κ1) is 49.4. The molecule has 4 aliphatic rings. The maximum Gasteiger partial charge on any atom is 0.421 e. The van der Waals surface area contributed by atoms with E-state index in [1.54, 1.807) is 47.4 Å². The number of rotatable bonds is 13. The average molecular weight is 956 g/mol.